The average molecular weight is 412 g/mol. The summed E-state index contributed by atoms with van der Waals surface area (Å²) in [6.45, 7) is 4.72. The van der Waals surface area contributed by atoms with Crippen LogP contribution in [0.3, 0.4) is 0 Å². The number of anilines is 1. The molecule has 0 saturated heterocycles. The Bertz CT molecular complexity index is 890. The highest BCUT2D eigenvalue weighted by molar-refractivity contribution is 6.07. The van der Waals surface area contributed by atoms with E-state index in [0.29, 0.717) is 35.7 Å². The zero-order valence-corrected chi connectivity index (χ0v) is 17.5. The molecule has 30 heavy (non-hydrogen) atoms. The number of carbonyl (C=O) groups is 2. The molecule has 0 fully saturated rings. The number of nitrogens with one attached hydrogen (secondary N) is 2. The van der Waals surface area contributed by atoms with Crippen molar-refractivity contribution in [2.45, 2.75) is 26.0 Å². The van der Waals surface area contributed by atoms with Gasteiger partial charge in [0.1, 0.15) is 6.10 Å². The van der Waals surface area contributed by atoms with E-state index in [2.05, 4.69) is 15.6 Å². The first-order valence-electron chi connectivity index (χ1n) is 10.0. The summed E-state index contributed by atoms with van der Waals surface area (Å²) in [4.78, 5) is 31.6. The Hall–Kier alpha value is -2.97. The lowest BCUT2D eigenvalue weighted by atomic mass is 9.99. The number of hydrogen-bond acceptors (Lipinski definition) is 6. The fourth-order valence-electron chi connectivity index (χ4n) is 3.48. The number of nitrogens with zero attached hydrogens (tertiary/aromatic N) is 2. The normalized spacial score (nSPS) is 19.9. The number of aromatic nitrogens is 1. The smallest absolute Gasteiger partial charge is 0.258 e. The minimum Gasteiger partial charge on any atom is -0.486 e. The van der Waals surface area contributed by atoms with Crippen LogP contribution in [0.5, 0.6) is 5.75 Å². The summed E-state index contributed by atoms with van der Waals surface area (Å²) >= 11 is 0. The second kappa shape index (κ2) is 9.69. The van der Waals surface area contributed by atoms with Gasteiger partial charge in [-0.3, -0.25) is 14.6 Å². The molecule has 1 aromatic heterocycles. The van der Waals surface area contributed by atoms with E-state index in [0.717, 1.165) is 0 Å². The van der Waals surface area contributed by atoms with Crippen molar-refractivity contribution in [1.82, 2.24) is 15.2 Å². The van der Waals surface area contributed by atoms with Gasteiger partial charge in [0.05, 0.1) is 23.9 Å². The predicted octanol–water partition coefficient (Wildman–Crippen LogP) is 1.77. The zero-order chi connectivity index (χ0) is 21.7. The van der Waals surface area contributed by atoms with Crippen molar-refractivity contribution >= 4 is 17.5 Å². The number of carbonyl (C=O) groups excluding carboxylic acids is 2. The highest BCUT2D eigenvalue weighted by Gasteiger charge is 2.33. The number of hydrogen-bond donors (Lipinski definition) is 3. The van der Waals surface area contributed by atoms with Crippen molar-refractivity contribution in [3.63, 3.8) is 0 Å². The van der Waals surface area contributed by atoms with Crippen LogP contribution in [0, 0.1) is 5.92 Å². The number of fused-ring (bicyclic) bond motifs is 1. The van der Waals surface area contributed by atoms with Gasteiger partial charge < -0.3 is 25.4 Å². The maximum absolute atomic E-state index is 13.3. The lowest BCUT2D eigenvalue weighted by Gasteiger charge is -2.37. The molecule has 0 unspecified atom stereocenters. The van der Waals surface area contributed by atoms with Crippen molar-refractivity contribution in [1.29, 1.82) is 0 Å². The van der Waals surface area contributed by atoms with E-state index in [1.54, 1.807) is 47.6 Å². The van der Waals surface area contributed by atoms with Crippen LogP contribution in [0.15, 0.2) is 42.7 Å². The molecule has 3 N–H and O–H groups in total. The van der Waals surface area contributed by atoms with Gasteiger partial charge in [-0.1, -0.05) is 13.0 Å². The van der Waals surface area contributed by atoms with E-state index in [4.69, 9.17) is 4.74 Å². The Balaban J connectivity index is 2.03. The fraction of sp³-hybridized carbons (Fsp3) is 0.409. The largest absolute Gasteiger partial charge is 0.486 e. The molecular weight excluding hydrogens is 384 g/mol. The van der Waals surface area contributed by atoms with E-state index in [1.807, 2.05) is 20.9 Å². The van der Waals surface area contributed by atoms with Gasteiger partial charge in [0.15, 0.2) is 5.75 Å². The van der Waals surface area contributed by atoms with Crippen LogP contribution >= 0.6 is 0 Å². The number of likely N-dealkylation sites (N-methyl/N-ethyl adjacent to an activating group) is 1. The molecule has 3 rings (SSSR count). The van der Waals surface area contributed by atoms with Crippen LogP contribution in [0.2, 0.25) is 0 Å². The molecule has 8 nitrogen and oxygen atoms in total. The maximum atomic E-state index is 13.3. The van der Waals surface area contributed by atoms with E-state index in [1.165, 1.54) is 0 Å². The molecule has 0 radical (unpaired) electrons. The van der Waals surface area contributed by atoms with Gasteiger partial charge in [0, 0.05) is 37.0 Å². The molecular formula is C22H28N4O4. The van der Waals surface area contributed by atoms with Gasteiger partial charge in [-0.25, -0.2) is 0 Å². The van der Waals surface area contributed by atoms with Crippen molar-refractivity contribution in [3.05, 3.63) is 53.9 Å². The van der Waals surface area contributed by atoms with Gasteiger partial charge in [-0.05, 0) is 38.2 Å². The monoisotopic (exact) mass is 412 g/mol. The van der Waals surface area contributed by atoms with Gasteiger partial charge in [-0.15, -0.1) is 0 Å². The second-order valence-corrected chi connectivity index (χ2v) is 7.55. The number of para-hydroxylation sites is 1. The first-order valence-corrected chi connectivity index (χ1v) is 10.0. The molecule has 2 heterocycles. The first kappa shape index (κ1) is 21.7. The number of benzene rings is 1. The molecule has 1 aliphatic rings. The molecule has 0 bridgehead atoms. The van der Waals surface area contributed by atoms with E-state index in [-0.39, 0.29) is 36.5 Å². The Morgan fingerprint density at radius 2 is 2.07 bits per heavy atom. The minimum absolute atomic E-state index is 0.00695. The topological polar surface area (TPSA) is 104 Å². The SMILES string of the molecule is CNC[C@@H]1Oc2c(NC(=O)c3ccncc3)cccc2C(=O)N([C@@H](C)CO)C[C@@H]1C. The van der Waals surface area contributed by atoms with Crippen LogP contribution in [-0.4, -0.2) is 65.7 Å². The Morgan fingerprint density at radius 1 is 1.33 bits per heavy atom. The number of aliphatic hydroxyl groups is 1. The number of ether oxygens (including phenoxy) is 1. The third-order valence-corrected chi connectivity index (χ3v) is 5.29. The molecule has 160 valence electrons. The van der Waals surface area contributed by atoms with Crippen molar-refractivity contribution in [2.75, 3.05) is 32.1 Å². The van der Waals surface area contributed by atoms with Gasteiger partial charge in [0.25, 0.3) is 11.8 Å². The van der Waals surface area contributed by atoms with Crippen LogP contribution in [0.1, 0.15) is 34.6 Å². The van der Waals surface area contributed by atoms with Crippen molar-refractivity contribution < 1.29 is 19.4 Å². The Morgan fingerprint density at radius 3 is 2.73 bits per heavy atom. The van der Waals surface area contributed by atoms with E-state index in [9.17, 15) is 14.7 Å². The predicted molar refractivity (Wildman–Crippen MR) is 114 cm³/mol. The maximum Gasteiger partial charge on any atom is 0.258 e. The molecule has 2 aromatic rings. The van der Waals surface area contributed by atoms with Crippen molar-refractivity contribution in [2.24, 2.45) is 5.92 Å². The van der Waals surface area contributed by atoms with Crippen LogP contribution < -0.4 is 15.4 Å². The van der Waals surface area contributed by atoms with Gasteiger partial charge in [0.2, 0.25) is 0 Å². The number of rotatable bonds is 6. The van der Waals surface area contributed by atoms with Crippen LogP contribution in [-0.2, 0) is 0 Å². The van der Waals surface area contributed by atoms with Crippen LogP contribution in [0.25, 0.3) is 0 Å². The number of amides is 2. The van der Waals surface area contributed by atoms with Crippen LogP contribution in [0.4, 0.5) is 5.69 Å². The quantitative estimate of drug-likeness (QED) is 0.668. The Labute approximate surface area is 176 Å². The highest BCUT2D eigenvalue weighted by Crippen LogP contribution is 2.34. The summed E-state index contributed by atoms with van der Waals surface area (Å²) < 4.78 is 6.29. The van der Waals surface area contributed by atoms with E-state index >= 15 is 0 Å². The molecule has 0 spiro atoms. The number of pyridine rings is 1. The third kappa shape index (κ3) is 4.60. The molecule has 2 amide bonds. The van der Waals surface area contributed by atoms with E-state index < -0.39 is 0 Å². The second-order valence-electron chi connectivity index (χ2n) is 7.55. The van der Waals surface area contributed by atoms with Gasteiger partial charge >= 0.3 is 0 Å². The summed E-state index contributed by atoms with van der Waals surface area (Å²) in [5.74, 6) is -0.205. The van der Waals surface area contributed by atoms with Gasteiger partial charge in [-0.2, -0.15) is 0 Å². The Kier molecular flexibility index (Phi) is 7.02. The fourth-order valence-corrected chi connectivity index (χ4v) is 3.48. The summed E-state index contributed by atoms with van der Waals surface area (Å²) in [6, 6.07) is 8.00. The molecule has 0 aliphatic carbocycles. The molecule has 3 atom stereocenters. The molecule has 1 aliphatic heterocycles. The summed E-state index contributed by atoms with van der Waals surface area (Å²) in [6.07, 6.45) is 2.86. The molecule has 0 saturated carbocycles. The highest BCUT2D eigenvalue weighted by atomic mass is 16.5. The lowest BCUT2D eigenvalue weighted by molar-refractivity contribution is 0.0417. The molecule has 8 heteroatoms. The van der Waals surface area contributed by atoms with Crippen molar-refractivity contribution in [3.8, 4) is 5.75 Å². The number of aliphatic hydroxyl groups excluding tert-OH is 1. The molecule has 1 aromatic carbocycles. The zero-order valence-electron chi connectivity index (χ0n) is 17.5. The summed E-state index contributed by atoms with van der Waals surface area (Å²) in [5, 5.41) is 15.7. The summed E-state index contributed by atoms with van der Waals surface area (Å²) in [7, 11) is 1.84. The first-order chi connectivity index (χ1) is 14.5. The standard InChI is InChI=1S/C22H28N4O4/c1-14-12-26(15(2)13-27)22(29)17-5-4-6-18(20(17)30-19(14)11-23-3)25-21(28)16-7-9-24-10-8-16/h4-10,14-15,19,23,27H,11-13H2,1-3H3,(H,25,28)/t14-,15-,19-/m0/s1. The third-order valence-electron chi connectivity index (χ3n) is 5.29. The minimum atomic E-state index is -0.337. The summed E-state index contributed by atoms with van der Waals surface area (Å²) in [5.41, 5.74) is 1.24. The lowest BCUT2D eigenvalue weighted by Crippen LogP contribution is -2.49. The average Bonchev–Trinajstić information content (AvgIpc) is 2.76.